The Morgan fingerprint density at radius 1 is 1.40 bits per heavy atom. The summed E-state index contributed by atoms with van der Waals surface area (Å²) in [6.07, 6.45) is 1.30. The van der Waals surface area contributed by atoms with E-state index in [4.69, 9.17) is 0 Å². The molecule has 2 rings (SSSR count). The van der Waals surface area contributed by atoms with E-state index >= 15 is 0 Å². The van der Waals surface area contributed by atoms with Crippen molar-refractivity contribution in [2.45, 2.75) is 25.9 Å². The van der Waals surface area contributed by atoms with Gasteiger partial charge in [-0.2, -0.15) is 0 Å². The number of hydrogen-bond donors (Lipinski definition) is 1. The van der Waals surface area contributed by atoms with E-state index in [1.54, 1.807) is 6.07 Å². The molecule has 15 heavy (non-hydrogen) atoms. The van der Waals surface area contributed by atoms with Gasteiger partial charge in [0.05, 0.1) is 6.10 Å². The van der Waals surface area contributed by atoms with Crippen molar-refractivity contribution in [2.24, 2.45) is 0 Å². The number of aliphatic hydroxyl groups is 1. The van der Waals surface area contributed by atoms with E-state index in [1.807, 2.05) is 13.0 Å². The average molecular weight is 224 g/mol. The van der Waals surface area contributed by atoms with Crippen molar-refractivity contribution in [1.29, 1.82) is 0 Å². The number of fused-ring (bicyclic) bond motifs is 1. The third-order valence-electron chi connectivity index (χ3n) is 2.39. The van der Waals surface area contributed by atoms with Crippen molar-refractivity contribution in [3.8, 4) is 0 Å². The topological polar surface area (TPSA) is 20.2 Å². The molecule has 2 aromatic rings. The quantitative estimate of drug-likeness (QED) is 0.839. The molecule has 0 saturated heterocycles. The highest BCUT2D eigenvalue weighted by molar-refractivity contribution is 7.19. The van der Waals surface area contributed by atoms with Crippen LogP contribution in [0.2, 0.25) is 0 Å². The van der Waals surface area contributed by atoms with E-state index in [-0.39, 0.29) is 5.82 Å². The summed E-state index contributed by atoms with van der Waals surface area (Å²) in [5, 5.41) is 10.8. The van der Waals surface area contributed by atoms with E-state index in [0.29, 0.717) is 0 Å². The third kappa shape index (κ3) is 2.19. The molecule has 0 fully saturated rings. The van der Waals surface area contributed by atoms with Crippen LogP contribution in [0.1, 0.15) is 30.7 Å². The predicted octanol–water partition coefficient (Wildman–Crippen LogP) is 3.87. The first-order valence-corrected chi connectivity index (χ1v) is 5.89. The van der Waals surface area contributed by atoms with Crippen molar-refractivity contribution < 1.29 is 9.50 Å². The van der Waals surface area contributed by atoms with Crippen LogP contribution in [0.15, 0.2) is 24.3 Å². The molecule has 0 aliphatic carbocycles. The van der Waals surface area contributed by atoms with Gasteiger partial charge in [-0.1, -0.05) is 19.4 Å². The summed E-state index contributed by atoms with van der Waals surface area (Å²) in [5.74, 6) is -0.221. The summed E-state index contributed by atoms with van der Waals surface area (Å²) in [7, 11) is 0. The highest BCUT2D eigenvalue weighted by Crippen LogP contribution is 2.32. The first-order valence-electron chi connectivity index (χ1n) is 5.07. The molecule has 0 spiro atoms. The number of benzene rings is 1. The summed E-state index contributed by atoms with van der Waals surface area (Å²) in [5.41, 5.74) is 0. The Hall–Kier alpha value is -0.930. The van der Waals surface area contributed by atoms with Crippen molar-refractivity contribution in [3.05, 3.63) is 35.0 Å². The van der Waals surface area contributed by atoms with Gasteiger partial charge in [0.1, 0.15) is 5.82 Å². The van der Waals surface area contributed by atoms with E-state index in [2.05, 4.69) is 0 Å². The van der Waals surface area contributed by atoms with Gasteiger partial charge >= 0.3 is 0 Å². The van der Waals surface area contributed by atoms with Crippen molar-refractivity contribution in [2.75, 3.05) is 0 Å². The SMILES string of the molecule is CCCC(O)c1cc2ccc(F)cc2s1. The Morgan fingerprint density at radius 3 is 2.93 bits per heavy atom. The Morgan fingerprint density at radius 2 is 2.20 bits per heavy atom. The summed E-state index contributed by atoms with van der Waals surface area (Å²) in [6.45, 7) is 2.04. The molecular formula is C12H13FOS. The van der Waals surface area contributed by atoms with Crippen LogP contribution >= 0.6 is 11.3 Å². The van der Waals surface area contributed by atoms with Gasteiger partial charge in [0.2, 0.25) is 0 Å². The second kappa shape index (κ2) is 4.29. The predicted molar refractivity (Wildman–Crippen MR) is 61.7 cm³/mol. The Balaban J connectivity index is 2.38. The lowest BCUT2D eigenvalue weighted by Crippen LogP contribution is -1.91. The fourth-order valence-corrected chi connectivity index (χ4v) is 2.72. The van der Waals surface area contributed by atoms with Crippen LogP contribution in [0, 0.1) is 5.82 Å². The van der Waals surface area contributed by atoms with Crippen LogP contribution in [0.3, 0.4) is 0 Å². The number of aliphatic hydroxyl groups excluding tert-OH is 1. The first-order chi connectivity index (χ1) is 7.20. The molecule has 1 aromatic carbocycles. The van der Waals surface area contributed by atoms with Gasteiger partial charge in [-0.15, -0.1) is 11.3 Å². The fourth-order valence-electron chi connectivity index (χ4n) is 1.61. The van der Waals surface area contributed by atoms with E-state index in [0.717, 1.165) is 27.8 Å². The van der Waals surface area contributed by atoms with Crippen LogP contribution < -0.4 is 0 Å². The molecule has 0 aliphatic heterocycles. The largest absolute Gasteiger partial charge is 0.388 e. The van der Waals surface area contributed by atoms with Crippen LogP contribution in [0.5, 0.6) is 0 Å². The molecule has 0 bridgehead atoms. The van der Waals surface area contributed by atoms with Crippen LogP contribution in [0.4, 0.5) is 4.39 Å². The zero-order valence-electron chi connectivity index (χ0n) is 8.53. The maximum absolute atomic E-state index is 12.9. The van der Waals surface area contributed by atoms with Crippen molar-refractivity contribution in [3.63, 3.8) is 0 Å². The minimum atomic E-state index is -0.407. The molecule has 0 amide bonds. The van der Waals surface area contributed by atoms with Gasteiger partial charge in [0, 0.05) is 9.58 Å². The van der Waals surface area contributed by atoms with Crippen LogP contribution in [0.25, 0.3) is 10.1 Å². The van der Waals surface area contributed by atoms with Gasteiger partial charge in [-0.05, 0) is 30.0 Å². The minimum absolute atomic E-state index is 0.221. The maximum Gasteiger partial charge on any atom is 0.124 e. The average Bonchev–Trinajstić information content (AvgIpc) is 2.60. The number of thiophene rings is 1. The van der Waals surface area contributed by atoms with Crippen LogP contribution in [-0.4, -0.2) is 5.11 Å². The second-order valence-electron chi connectivity index (χ2n) is 3.64. The molecule has 1 unspecified atom stereocenters. The molecule has 0 saturated carbocycles. The third-order valence-corrected chi connectivity index (χ3v) is 3.59. The first kappa shape index (κ1) is 10.6. The van der Waals surface area contributed by atoms with Gasteiger partial charge in [-0.25, -0.2) is 4.39 Å². The fraction of sp³-hybridized carbons (Fsp3) is 0.333. The van der Waals surface area contributed by atoms with Crippen molar-refractivity contribution in [1.82, 2.24) is 0 Å². The van der Waals surface area contributed by atoms with Crippen LogP contribution in [-0.2, 0) is 0 Å². The van der Waals surface area contributed by atoms with Gasteiger partial charge in [0.15, 0.2) is 0 Å². The molecule has 0 radical (unpaired) electrons. The normalized spacial score (nSPS) is 13.3. The Kier molecular flexibility index (Phi) is 3.03. The minimum Gasteiger partial charge on any atom is -0.388 e. The molecule has 3 heteroatoms. The standard InChI is InChI=1S/C12H13FOS/c1-2-3-10(14)12-6-8-4-5-9(13)7-11(8)15-12/h4-7,10,14H,2-3H2,1H3. The monoisotopic (exact) mass is 224 g/mol. The molecule has 1 atom stereocenters. The molecule has 1 aromatic heterocycles. The molecule has 1 heterocycles. The molecule has 1 nitrogen and oxygen atoms in total. The van der Waals surface area contributed by atoms with E-state index in [9.17, 15) is 9.50 Å². The lowest BCUT2D eigenvalue weighted by molar-refractivity contribution is 0.170. The van der Waals surface area contributed by atoms with E-state index < -0.39 is 6.10 Å². The summed E-state index contributed by atoms with van der Waals surface area (Å²) >= 11 is 1.47. The summed E-state index contributed by atoms with van der Waals surface area (Å²) in [6, 6.07) is 6.66. The zero-order valence-corrected chi connectivity index (χ0v) is 9.35. The zero-order chi connectivity index (χ0) is 10.8. The Bertz CT molecular complexity index is 464. The number of hydrogen-bond acceptors (Lipinski definition) is 2. The lowest BCUT2D eigenvalue weighted by atomic mass is 10.1. The maximum atomic E-state index is 12.9. The Labute approximate surface area is 92.2 Å². The highest BCUT2D eigenvalue weighted by atomic mass is 32.1. The van der Waals surface area contributed by atoms with Crippen molar-refractivity contribution >= 4 is 21.4 Å². The molecule has 80 valence electrons. The molecule has 1 N–H and O–H groups in total. The van der Waals surface area contributed by atoms with Gasteiger partial charge in [-0.3, -0.25) is 0 Å². The molecule has 0 aliphatic rings. The molecular weight excluding hydrogens is 211 g/mol. The second-order valence-corrected chi connectivity index (χ2v) is 4.75. The van der Waals surface area contributed by atoms with E-state index in [1.165, 1.54) is 23.5 Å². The smallest absolute Gasteiger partial charge is 0.124 e. The van der Waals surface area contributed by atoms with Gasteiger partial charge in [0.25, 0.3) is 0 Å². The number of rotatable bonds is 3. The lowest BCUT2D eigenvalue weighted by Gasteiger charge is -2.04. The summed E-state index contributed by atoms with van der Waals surface area (Å²) < 4.78 is 13.8. The highest BCUT2D eigenvalue weighted by Gasteiger charge is 2.10. The number of halogens is 1. The summed E-state index contributed by atoms with van der Waals surface area (Å²) in [4.78, 5) is 0.928. The van der Waals surface area contributed by atoms with Gasteiger partial charge < -0.3 is 5.11 Å².